The van der Waals surface area contributed by atoms with Crippen LogP contribution in [0.4, 0.5) is 0 Å². The number of thiocarbonyl (C=S) groups is 1. The first-order valence-electron chi connectivity index (χ1n) is 6.78. The Morgan fingerprint density at radius 1 is 1.40 bits per heavy atom. The van der Waals surface area contributed by atoms with E-state index in [1.165, 1.54) is 6.42 Å². The zero-order valence-electron chi connectivity index (χ0n) is 11.5. The van der Waals surface area contributed by atoms with Gasteiger partial charge in [-0.15, -0.1) is 0 Å². The molecule has 4 nitrogen and oxygen atoms in total. The van der Waals surface area contributed by atoms with Gasteiger partial charge in [0.25, 0.3) is 0 Å². The summed E-state index contributed by atoms with van der Waals surface area (Å²) >= 11 is 4.84. The second-order valence-electron chi connectivity index (χ2n) is 5.39. The van der Waals surface area contributed by atoms with E-state index in [0.717, 1.165) is 18.4 Å². The zero-order valence-corrected chi connectivity index (χ0v) is 13.1. The lowest BCUT2D eigenvalue weighted by Gasteiger charge is -2.31. The first-order valence-corrected chi connectivity index (χ1v) is 8.67. The normalized spacial score (nSPS) is 17.4. The maximum atomic E-state index is 12.3. The predicted molar refractivity (Wildman–Crippen MR) is 84.1 cm³/mol. The Bertz CT molecular complexity index is 578. The van der Waals surface area contributed by atoms with Crippen molar-refractivity contribution in [2.24, 2.45) is 11.7 Å². The Morgan fingerprint density at radius 2 is 2.00 bits per heavy atom. The van der Waals surface area contributed by atoms with Gasteiger partial charge in [0.05, 0.1) is 9.88 Å². The average molecular weight is 312 g/mol. The second-order valence-corrected chi connectivity index (χ2v) is 7.63. The summed E-state index contributed by atoms with van der Waals surface area (Å²) in [4.78, 5) is 0.688. The van der Waals surface area contributed by atoms with Crippen LogP contribution in [-0.2, 0) is 16.4 Å². The topological polar surface area (TPSA) is 72.2 Å². The molecule has 0 amide bonds. The van der Waals surface area contributed by atoms with E-state index >= 15 is 0 Å². The summed E-state index contributed by atoms with van der Waals surface area (Å²) in [5, 5.41) is 0. The largest absolute Gasteiger partial charge is 0.393 e. The molecule has 1 aliphatic carbocycles. The van der Waals surface area contributed by atoms with Crippen LogP contribution in [0.2, 0.25) is 0 Å². The Hall–Kier alpha value is -0.980. The number of hydrogen-bond donors (Lipinski definition) is 2. The minimum absolute atomic E-state index is 0.00922. The summed E-state index contributed by atoms with van der Waals surface area (Å²) in [5.74, 6) is 0.471. The van der Waals surface area contributed by atoms with Gasteiger partial charge in [-0.2, -0.15) is 0 Å². The quantitative estimate of drug-likeness (QED) is 0.788. The number of rotatable bonds is 6. The first kappa shape index (κ1) is 15.4. The summed E-state index contributed by atoms with van der Waals surface area (Å²) in [6.07, 6.45) is 3.90. The fourth-order valence-electron chi connectivity index (χ4n) is 2.34. The van der Waals surface area contributed by atoms with Gasteiger partial charge in [-0.1, -0.05) is 30.8 Å². The molecule has 0 radical (unpaired) electrons. The third-order valence-corrected chi connectivity index (χ3v) is 5.53. The molecule has 0 spiro atoms. The van der Waals surface area contributed by atoms with Crippen molar-refractivity contribution in [1.29, 1.82) is 0 Å². The Kier molecular flexibility index (Phi) is 4.78. The zero-order chi connectivity index (χ0) is 14.8. The van der Waals surface area contributed by atoms with E-state index in [4.69, 9.17) is 18.0 Å². The minimum atomic E-state index is -3.44. The van der Waals surface area contributed by atoms with Gasteiger partial charge in [0.15, 0.2) is 0 Å². The summed E-state index contributed by atoms with van der Waals surface area (Å²) in [6, 6.07) is 6.70. The fraction of sp³-hybridized carbons (Fsp3) is 0.500. The molecule has 1 saturated carbocycles. The second kappa shape index (κ2) is 6.20. The van der Waals surface area contributed by atoms with Crippen LogP contribution >= 0.6 is 12.2 Å². The molecule has 1 aliphatic rings. The van der Waals surface area contributed by atoms with Crippen LogP contribution in [0.5, 0.6) is 0 Å². The lowest BCUT2D eigenvalue weighted by Crippen LogP contribution is -2.40. The lowest BCUT2D eigenvalue weighted by atomic mass is 9.81. The molecule has 0 heterocycles. The Balaban J connectivity index is 2.06. The van der Waals surface area contributed by atoms with Crippen LogP contribution in [0.3, 0.4) is 0 Å². The van der Waals surface area contributed by atoms with Crippen molar-refractivity contribution in [2.75, 3.05) is 0 Å². The standard InChI is InChI=1S/C14H20N2O2S2/c1-10(12-3-2-4-12)16-20(17,18)13-7-5-11(6-8-13)9-14(15)19/h5-8,10,12,16H,2-4,9H2,1H3,(H2,15,19). The van der Waals surface area contributed by atoms with E-state index in [0.29, 0.717) is 17.3 Å². The number of nitrogens with one attached hydrogen (secondary N) is 1. The van der Waals surface area contributed by atoms with E-state index in [-0.39, 0.29) is 10.9 Å². The molecule has 1 aromatic rings. The summed E-state index contributed by atoms with van der Waals surface area (Å²) < 4.78 is 27.3. The highest BCUT2D eigenvalue weighted by Gasteiger charge is 2.27. The summed E-state index contributed by atoms with van der Waals surface area (Å²) in [7, 11) is -3.44. The van der Waals surface area contributed by atoms with Gasteiger partial charge in [-0.25, -0.2) is 13.1 Å². The summed E-state index contributed by atoms with van der Waals surface area (Å²) in [5.41, 5.74) is 6.39. The van der Waals surface area contributed by atoms with E-state index in [2.05, 4.69) is 4.72 Å². The van der Waals surface area contributed by atoms with Crippen molar-refractivity contribution < 1.29 is 8.42 Å². The molecular weight excluding hydrogens is 292 g/mol. The molecule has 0 aliphatic heterocycles. The predicted octanol–water partition coefficient (Wildman–Crippen LogP) is 1.98. The van der Waals surface area contributed by atoms with Crippen LogP contribution < -0.4 is 10.5 Å². The third kappa shape index (κ3) is 3.77. The van der Waals surface area contributed by atoms with E-state index < -0.39 is 10.0 Å². The van der Waals surface area contributed by atoms with Gasteiger partial charge in [-0.3, -0.25) is 0 Å². The van der Waals surface area contributed by atoms with E-state index in [9.17, 15) is 8.42 Å². The van der Waals surface area contributed by atoms with Crippen molar-refractivity contribution >= 4 is 27.2 Å². The molecule has 1 aromatic carbocycles. The molecule has 1 fully saturated rings. The van der Waals surface area contributed by atoms with Crippen LogP contribution in [-0.4, -0.2) is 19.4 Å². The molecule has 2 rings (SSSR count). The maximum absolute atomic E-state index is 12.3. The van der Waals surface area contributed by atoms with E-state index in [1.807, 2.05) is 6.92 Å². The SMILES string of the molecule is CC(NS(=O)(=O)c1ccc(CC(N)=S)cc1)C1CCC1. The van der Waals surface area contributed by atoms with Crippen molar-refractivity contribution in [3.8, 4) is 0 Å². The molecule has 20 heavy (non-hydrogen) atoms. The number of hydrogen-bond acceptors (Lipinski definition) is 3. The average Bonchev–Trinajstić information content (AvgIpc) is 2.25. The molecule has 1 unspecified atom stereocenters. The van der Waals surface area contributed by atoms with Crippen molar-refractivity contribution in [2.45, 2.75) is 43.5 Å². The molecule has 3 N–H and O–H groups in total. The smallest absolute Gasteiger partial charge is 0.240 e. The highest BCUT2D eigenvalue weighted by Crippen LogP contribution is 2.30. The highest BCUT2D eigenvalue weighted by molar-refractivity contribution is 7.89. The minimum Gasteiger partial charge on any atom is -0.393 e. The third-order valence-electron chi connectivity index (χ3n) is 3.81. The molecule has 6 heteroatoms. The van der Waals surface area contributed by atoms with Crippen LogP contribution in [0.25, 0.3) is 0 Å². The van der Waals surface area contributed by atoms with E-state index in [1.54, 1.807) is 24.3 Å². The van der Waals surface area contributed by atoms with Gasteiger partial charge in [0, 0.05) is 12.5 Å². The van der Waals surface area contributed by atoms with Crippen molar-refractivity contribution in [1.82, 2.24) is 4.72 Å². The number of sulfonamides is 1. The van der Waals surface area contributed by atoms with Crippen LogP contribution in [0.15, 0.2) is 29.2 Å². The Morgan fingerprint density at radius 3 is 2.45 bits per heavy atom. The van der Waals surface area contributed by atoms with Crippen LogP contribution in [0.1, 0.15) is 31.7 Å². The maximum Gasteiger partial charge on any atom is 0.240 e. The van der Waals surface area contributed by atoms with Crippen molar-refractivity contribution in [3.05, 3.63) is 29.8 Å². The number of benzene rings is 1. The molecular formula is C14H20N2O2S2. The van der Waals surface area contributed by atoms with Gasteiger partial charge >= 0.3 is 0 Å². The molecule has 1 atom stereocenters. The molecule has 0 aromatic heterocycles. The Labute approximate surface area is 125 Å². The summed E-state index contributed by atoms with van der Waals surface area (Å²) in [6.45, 7) is 1.93. The molecule has 0 bridgehead atoms. The van der Waals surface area contributed by atoms with Gasteiger partial charge in [-0.05, 0) is 43.4 Å². The molecule has 110 valence electrons. The van der Waals surface area contributed by atoms with Crippen molar-refractivity contribution in [3.63, 3.8) is 0 Å². The first-order chi connectivity index (χ1) is 9.38. The van der Waals surface area contributed by atoms with Crippen LogP contribution in [0, 0.1) is 5.92 Å². The fourth-order valence-corrected chi connectivity index (χ4v) is 3.82. The number of nitrogens with two attached hydrogens (primary N) is 1. The van der Waals surface area contributed by atoms with Gasteiger partial charge < -0.3 is 5.73 Å². The van der Waals surface area contributed by atoms with Gasteiger partial charge in [0.2, 0.25) is 10.0 Å². The lowest BCUT2D eigenvalue weighted by molar-refractivity contribution is 0.260. The molecule has 0 saturated heterocycles. The highest BCUT2D eigenvalue weighted by atomic mass is 32.2. The monoisotopic (exact) mass is 312 g/mol. The van der Waals surface area contributed by atoms with Gasteiger partial charge in [0.1, 0.15) is 0 Å².